The number of rotatable bonds is 9. The van der Waals surface area contributed by atoms with Crippen LogP contribution in [0.3, 0.4) is 0 Å². The Bertz CT molecular complexity index is 1490. The van der Waals surface area contributed by atoms with Crippen LogP contribution in [0.4, 0.5) is 22.7 Å². The molecule has 0 amide bonds. The van der Waals surface area contributed by atoms with Crippen molar-refractivity contribution in [1.29, 1.82) is 0 Å². The van der Waals surface area contributed by atoms with Crippen molar-refractivity contribution < 1.29 is 0 Å². The highest BCUT2D eigenvalue weighted by Crippen LogP contribution is 2.38. The zero-order valence-corrected chi connectivity index (χ0v) is 22.3. The van der Waals surface area contributed by atoms with Gasteiger partial charge in [-0.1, -0.05) is 92.8 Å². The summed E-state index contributed by atoms with van der Waals surface area (Å²) in [6, 6.07) is 33.0. The molecule has 4 aromatic rings. The molecule has 4 aromatic carbocycles. The molecule has 0 aromatic heterocycles. The Morgan fingerprint density at radius 1 is 0.789 bits per heavy atom. The summed E-state index contributed by atoms with van der Waals surface area (Å²) in [5, 5.41) is 6.07. The largest absolute Gasteiger partial charge is 0.356 e. The maximum Gasteiger partial charge on any atom is 0.0468 e. The van der Waals surface area contributed by atoms with Crippen LogP contribution in [-0.2, 0) is 0 Å². The molecule has 1 aliphatic rings. The van der Waals surface area contributed by atoms with Crippen LogP contribution in [-0.4, -0.2) is 0 Å². The quantitative estimate of drug-likeness (QED) is 0.232. The molecule has 0 bridgehead atoms. The van der Waals surface area contributed by atoms with Gasteiger partial charge in [0.2, 0.25) is 0 Å². The lowest BCUT2D eigenvalue weighted by atomic mass is 9.92. The standard InChI is InChI=1S/C36H36N2/c1-3-5-18-32(12-4-2)37-33-21-24-34(25-22-33)38(36-23-20-29-15-9-10-16-30(29)27-36)35-19-11-17-31(26-35)28-13-7-6-8-14-28/h5-13,15-28,37H,3-4,14H2,1-2H3/b18-5-,32-12+. The first-order valence-electron chi connectivity index (χ1n) is 13.7. The molecule has 1 atom stereocenters. The summed E-state index contributed by atoms with van der Waals surface area (Å²) < 4.78 is 0. The monoisotopic (exact) mass is 496 g/mol. The van der Waals surface area contributed by atoms with Gasteiger partial charge >= 0.3 is 0 Å². The summed E-state index contributed by atoms with van der Waals surface area (Å²) in [7, 11) is 0. The third kappa shape index (κ3) is 5.98. The van der Waals surface area contributed by atoms with Crippen molar-refractivity contribution in [2.24, 2.45) is 0 Å². The fourth-order valence-electron chi connectivity index (χ4n) is 4.97. The number of allylic oxidation sites excluding steroid dienone is 7. The summed E-state index contributed by atoms with van der Waals surface area (Å²) in [5.74, 6) is 0.407. The molecule has 1 N–H and O–H groups in total. The second kappa shape index (κ2) is 12.3. The van der Waals surface area contributed by atoms with Crippen LogP contribution in [0.2, 0.25) is 0 Å². The first kappa shape index (κ1) is 25.4. The van der Waals surface area contributed by atoms with E-state index < -0.39 is 0 Å². The Hall–Kier alpha value is -4.30. The van der Waals surface area contributed by atoms with Crippen molar-refractivity contribution in [3.63, 3.8) is 0 Å². The summed E-state index contributed by atoms with van der Waals surface area (Å²) in [6.07, 6.45) is 18.5. The lowest BCUT2D eigenvalue weighted by Gasteiger charge is -2.27. The summed E-state index contributed by atoms with van der Waals surface area (Å²) in [5.41, 5.74) is 7.00. The summed E-state index contributed by atoms with van der Waals surface area (Å²) >= 11 is 0. The highest BCUT2D eigenvalue weighted by molar-refractivity contribution is 5.89. The van der Waals surface area contributed by atoms with Gasteiger partial charge in [-0.2, -0.15) is 0 Å². The lowest BCUT2D eigenvalue weighted by molar-refractivity contribution is 0.853. The highest BCUT2D eigenvalue weighted by atomic mass is 15.1. The van der Waals surface area contributed by atoms with Gasteiger partial charge in [0.25, 0.3) is 0 Å². The van der Waals surface area contributed by atoms with E-state index in [2.05, 4.69) is 158 Å². The van der Waals surface area contributed by atoms with Crippen LogP contribution in [0.5, 0.6) is 0 Å². The second-order valence-corrected chi connectivity index (χ2v) is 9.67. The molecule has 0 saturated heterocycles. The molecule has 0 spiro atoms. The molecule has 38 heavy (non-hydrogen) atoms. The van der Waals surface area contributed by atoms with Gasteiger partial charge < -0.3 is 10.2 Å². The Morgan fingerprint density at radius 2 is 1.58 bits per heavy atom. The van der Waals surface area contributed by atoms with Crippen molar-refractivity contribution in [2.45, 2.75) is 39.0 Å². The van der Waals surface area contributed by atoms with Crippen molar-refractivity contribution in [3.8, 4) is 0 Å². The Kier molecular flexibility index (Phi) is 8.20. The molecule has 0 fully saturated rings. The average molecular weight is 497 g/mol. The minimum Gasteiger partial charge on any atom is -0.356 e. The van der Waals surface area contributed by atoms with Gasteiger partial charge in [0.15, 0.2) is 0 Å². The molecular formula is C36H36N2. The number of nitrogens with one attached hydrogen (secondary N) is 1. The topological polar surface area (TPSA) is 15.3 Å². The van der Waals surface area contributed by atoms with Gasteiger partial charge in [0.05, 0.1) is 0 Å². The number of fused-ring (bicyclic) bond motifs is 1. The predicted octanol–water partition coefficient (Wildman–Crippen LogP) is 10.6. The van der Waals surface area contributed by atoms with Crippen LogP contribution in [0.15, 0.2) is 139 Å². The van der Waals surface area contributed by atoms with Crippen LogP contribution >= 0.6 is 0 Å². The maximum atomic E-state index is 3.58. The molecule has 5 rings (SSSR count). The van der Waals surface area contributed by atoms with Crippen LogP contribution < -0.4 is 10.2 Å². The number of anilines is 4. The fourth-order valence-corrected chi connectivity index (χ4v) is 4.97. The van der Waals surface area contributed by atoms with Gasteiger partial charge in [-0.3, -0.25) is 0 Å². The van der Waals surface area contributed by atoms with Crippen molar-refractivity contribution in [3.05, 3.63) is 145 Å². The zero-order chi connectivity index (χ0) is 26.2. The Labute approximate surface area is 227 Å². The molecule has 2 heteroatoms. The molecular weight excluding hydrogens is 460 g/mol. The molecule has 190 valence electrons. The van der Waals surface area contributed by atoms with E-state index in [0.717, 1.165) is 42.0 Å². The highest BCUT2D eigenvalue weighted by Gasteiger charge is 2.16. The number of hydrogen-bond donors (Lipinski definition) is 1. The molecule has 0 heterocycles. The molecule has 0 saturated carbocycles. The average Bonchev–Trinajstić information content (AvgIpc) is 2.97. The van der Waals surface area contributed by atoms with Gasteiger partial charge in [-0.25, -0.2) is 0 Å². The third-order valence-electron chi connectivity index (χ3n) is 6.90. The van der Waals surface area contributed by atoms with Crippen LogP contribution in [0, 0.1) is 0 Å². The molecule has 1 aliphatic carbocycles. The smallest absolute Gasteiger partial charge is 0.0468 e. The van der Waals surface area contributed by atoms with E-state index in [0.29, 0.717) is 5.92 Å². The second-order valence-electron chi connectivity index (χ2n) is 9.67. The van der Waals surface area contributed by atoms with E-state index >= 15 is 0 Å². The third-order valence-corrected chi connectivity index (χ3v) is 6.90. The van der Waals surface area contributed by atoms with Crippen LogP contribution in [0.1, 0.15) is 44.6 Å². The van der Waals surface area contributed by atoms with Gasteiger partial charge in [-0.05, 0) is 90.2 Å². The van der Waals surface area contributed by atoms with Gasteiger partial charge in [0.1, 0.15) is 0 Å². The molecule has 0 radical (unpaired) electrons. The first-order valence-corrected chi connectivity index (χ1v) is 13.7. The van der Waals surface area contributed by atoms with E-state index in [1.165, 1.54) is 22.0 Å². The minimum atomic E-state index is 0.407. The van der Waals surface area contributed by atoms with E-state index in [1.54, 1.807) is 0 Å². The predicted molar refractivity (Wildman–Crippen MR) is 166 cm³/mol. The molecule has 0 aliphatic heterocycles. The minimum absolute atomic E-state index is 0.407. The van der Waals surface area contributed by atoms with E-state index in [9.17, 15) is 0 Å². The number of benzene rings is 4. The zero-order valence-electron chi connectivity index (χ0n) is 22.3. The molecule has 2 nitrogen and oxygen atoms in total. The number of nitrogens with zero attached hydrogens (tertiary/aromatic N) is 1. The summed E-state index contributed by atoms with van der Waals surface area (Å²) in [4.78, 5) is 2.36. The molecule has 1 unspecified atom stereocenters. The van der Waals surface area contributed by atoms with Crippen molar-refractivity contribution >= 4 is 33.5 Å². The van der Waals surface area contributed by atoms with Gasteiger partial charge in [0, 0.05) is 34.4 Å². The summed E-state index contributed by atoms with van der Waals surface area (Å²) in [6.45, 7) is 4.33. The van der Waals surface area contributed by atoms with Gasteiger partial charge in [-0.15, -0.1) is 0 Å². The van der Waals surface area contributed by atoms with E-state index in [-0.39, 0.29) is 0 Å². The van der Waals surface area contributed by atoms with E-state index in [1.807, 2.05) is 0 Å². The Balaban J connectivity index is 1.53. The SMILES string of the molecule is CC/C=C\C(=C/CC)Nc1ccc(N(c2cccc(C3C=CC=CC3)c2)c2ccc3ccccc3c2)cc1. The van der Waals surface area contributed by atoms with E-state index in [4.69, 9.17) is 0 Å². The van der Waals surface area contributed by atoms with Crippen molar-refractivity contribution in [1.82, 2.24) is 0 Å². The number of hydrogen-bond acceptors (Lipinski definition) is 2. The lowest BCUT2D eigenvalue weighted by Crippen LogP contribution is -2.11. The Morgan fingerprint density at radius 3 is 2.34 bits per heavy atom. The first-order chi connectivity index (χ1) is 18.7. The fraction of sp³-hybridized carbons (Fsp3) is 0.167. The normalized spacial score (nSPS) is 15.3. The maximum absolute atomic E-state index is 3.58. The van der Waals surface area contributed by atoms with Crippen molar-refractivity contribution in [2.75, 3.05) is 10.2 Å². The van der Waals surface area contributed by atoms with Crippen LogP contribution in [0.25, 0.3) is 10.8 Å².